The van der Waals surface area contributed by atoms with Gasteiger partial charge in [0.25, 0.3) is 11.1 Å². The molecule has 0 atom stereocenters. The maximum Gasteiger partial charge on any atom is 0.293 e. The number of nitrogens with one attached hydrogen (secondary N) is 1. The third kappa shape index (κ3) is 5.21. The van der Waals surface area contributed by atoms with Crippen LogP contribution in [0.2, 0.25) is 0 Å². The summed E-state index contributed by atoms with van der Waals surface area (Å²) in [6.07, 6.45) is 4.55. The summed E-state index contributed by atoms with van der Waals surface area (Å²) >= 11 is 4.08. The van der Waals surface area contributed by atoms with Crippen molar-refractivity contribution in [3.05, 3.63) is 69.4 Å². The molecule has 1 aliphatic rings. The molecule has 0 spiro atoms. The average molecular weight is 447 g/mol. The van der Waals surface area contributed by atoms with E-state index in [1.807, 2.05) is 30.3 Å². The molecule has 8 heteroatoms. The summed E-state index contributed by atoms with van der Waals surface area (Å²) in [5, 5.41) is 2.30. The summed E-state index contributed by atoms with van der Waals surface area (Å²) in [4.78, 5) is 37.8. The number of hydrogen-bond acceptors (Lipinski definition) is 5. The Morgan fingerprint density at radius 2 is 1.96 bits per heavy atom. The molecule has 0 saturated carbocycles. The van der Waals surface area contributed by atoms with Crippen LogP contribution in [-0.4, -0.2) is 35.0 Å². The molecule has 1 saturated heterocycles. The second-order valence-corrected chi connectivity index (χ2v) is 7.29. The molecule has 1 fully saturated rings. The quantitative estimate of drug-likeness (QED) is 0.680. The van der Waals surface area contributed by atoms with Crippen molar-refractivity contribution in [2.24, 2.45) is 0 Å². The van der Waals surface area contributed by atoms with Crippen LogP contribution in [-0.2, 0) is 9.59 Å². The van der Waals surface area contributed by atoms with Crippen LogP contribution < -0.4 is 5.32 Å². The van der Waals surface area contributed by atoms with Gasteiger partial charge < -0.3 is 9.73 Å². The number of carbonyl (C=O) groups excluding carboxylic acids is 3. The average Bonchev–Trinajstić information content (AvgIpc) is 3.19. The highest BCUT2D eigenvalue weighted by atomic mass is 79.9. The molecule has 3 rings (SSSR count). The van der Waals surface area contributed by atoms with Crippen LogP contribution >= 0.6 is 27.7 Å². The minimum Gasteiger partial charge on any atom is -0.450 e. The van der Waals surface area contributed by atoms with Gasteiger partial charge >= 0.3 is 0 Å². The molecule has 138 valence electrons. The van der Waals surface area contributed by atoms with Gasteiger partial charge in [-0.05, 0) is 57.5 Å². The van der Waals surface area contributed by atoms with E-state index in [0.29, 0.717) is 15.3 Å². The summed E-state index contributed by atoms with van der Waals surface area (Å²) in [6, 6.07) is 12.8. The van der Waals surface area contributed by atoms with Crippen molar-refractivity contribution in [2.75, 3.05) is 13.1 Å². The number of imide groups is 1. The summed E-state index contributed by atoms with van der Waals surface area (Å²) in [5.74, 6) is -0.151. The highest BCUT2D eigenvalue weighted by Crippen LogP contribution is 2.31. The molecule has 0 radical (unpaired) electrons. The van der Waals surface area contributed by atoms with Gasteiger partial charge in [-0.25, -0.2) is 0 Å². The monoisotopic (exact) mass is 446 g/mol. The topological polar surface area (TPSA) is 79.6 Å². The van der Waals surface area contributed by atoms with E-state index < -0.39 is 0 Å². The molecule has 6 nitrogen and oxygen atoms in total. The summed E-state index contributed by atoms with van der Waals surface area (Å²) < 4.78 is 5.83. The second kappa shape index (κ2) is 8.88. The van der Waals surface area contributed by atoms with Crippen LogP contribution in [0.3, 0.4) is 0 Å². The minimum atomic E-state index is -0.348. The molecule has 1 aromatic heterocycles. The van der Waals surface area contributed by atoms with E-state index in [9.17, 15) is 14.4 Å². The van der Waals surface area contributed by atoms with E-state index in [-0.39, 0.29) is 30.1 Å². The van der Waals surface area contributed by atoms with E-state index in [2.05, 4.69) is 21.2 Å². The number of rotatable bonds is 6. The number of thioether (sulfide) groups is 1. The molecule has 3 amide bonds. The number of carbonyl (C=O) groups is 3. The Labute approximate surface area is 168 Å². The smallest absolute Gasteiger partial charge is 0.293 e. The minimum absolute atomic E-state index is 0.114. The van der Waals surface area contributed by atoms with Gasteiger partial charge in [-0.1, -0.05) is 30.3 Å². The van der Waals surface area contributed by atoms with Gasteiger partial charge in [0, 0.05) is 19.2 Å². The van der Waals surface area contributed by atoms with Crippen molar-refractivity contribution < 1.29 is 18.8 Å². The largest absolute Gasteiger partial charge is 0.450 e. The van der Waals surface area contributed by atoms with Crippen molar-refractivity contribution >= 4 is 56.9 Å². The Balaban J connectivity index is 1.51. The molecular formula is C19H15BrN2O4S. The Bertz CT molecular complexity index is 921. The lowest BCUT2D eigenvalue weighted by Crippen LogP contribution is -2.36. The first kappa shape index (κ1) is 19.2. The zero-order valence-corrected chi connectivity index (χ0v) is 16.5. The molecule has 0 bridgehead atoms. The van der Waals surface area contributed by atoms with Crippen LogP contribution in [0.5, 0.6) is 0 Å². The number of benzene rings is 1. The van der Waals surface area contributed by atoms with E-state index in [0.717, 1.165) is 22.2 Å². The molecular weight excluding hydrogens is 432 g/mol. The predicted molar refractivity (Wildman–Crippen MR) is 108 cm³/mol. The first-order valence-electron chi connectivity index (χ1n) is 8.04. The maximum absolute atomic E-state index is 12.4. The number of hydrogen-bond donors (Lipinski definition) is 1. The second-order valence-electron chi connectivity index (χ2n) is 5.51. The first-order valence-corrected chi connectivity index (χ1v) is 9.65. The van der Waals surface area contributed by atoms with Crippen LogP contribution in [0.15, 0.2) is 62.5 Å². The van der Waals surface area contributed by atoms with Crippen molar-refractivity contribution in [2.45, 2.75) is 0 Å². The van der Waals surface area contributed by atoms with Gasteiger partial charge in [-0.3, -0.25) is 19.3 Å². The molecule has 0 unspecified atom stereocenters. The van der Waals surface area contributed by atoms with Gasteiger partial charge in [0.1, 0.15) is 5.76 Å². The highest BCUT2D eigenvalue weighted by Gasteiger charge is 2.34. The van der Waals surface area contributed by atoms with Crippen LogP contribution in [0.4, 0.5) is 4.79 Å². The summed E-state index contributed by atoms with van der Waals surface area (Å²) in [5.41, 5.74) is 0.853. The Morgan fingerprint density at radius 1 is 1.19 bits per heavy atom. The van der Waals surface area contributed by atoms with Crippen LogP contribution in [0, 0.1) is 0 Å². The van der Waals surface area contributed by atoms with Gasteiger partial charge in [-0.15, -0.1) is 0 Å². The fraction of sp³-hybridized carbons (Fsp3) is 0.105. The Kier molecular flexibility index (Phi) is 6.31. The number of furan rings is 1. The number of nitrogens with zero attached hydrogens (tertiary/aromatic N) is 1. The lowest BCUT2D eigenvalue weighted by molar-refractivity contribution is -0.123. The third-order valence-corrected chi connectivity index (χ3v) is 4.93. The zero-order chi connectivity index (χ0) is 19.2. The molecule has 1 aromatic carbocycles. The Morgan fingerprint density at radius 3 is 2.67 bits per heavy atom. The number of amides is 3. The molecule has 27 heavy (non-hydrogen) atoms. The molecule has 0 aliphatic carbocycles. The lowest BCUT2D eigenvalue weighted by atomic mass is 10.2. The van der Waals surface area contributed by atoms with E-state index in [1.54, 1.807) is 18.2 Å². The van der Waals surface area contributed by atoms with Crippen molar-refractivity contribution in [3.63, 3.8) is 0 Å². The van der Waals surface area contributed by atoms with E-state index >= 15 is 0 Å². The number of halogens is 1. The van der Waals surface area contributed by atoms with Crippen molar-refractivity contribution in [1.82, 2.24) is 10.2 Å². The fourth-order valence-corrected chi connectivity index (χ4v) is 3.50. The van der Waals surface area contributed by atoms with Crippen molar-refractivity contribution in [1.29, 1.82) is 0 Å². The molecule has 2 aromatic rings. The van der Waals surface area contributed by atoms with Crippen LogP contribution in [0.25, 0.3) is 12.2 Å². The SMILES string of the molecule is O=C(/C=C/c1ccc(Br)o1)NCCN1C(=O)S/C(=C\c2ccccc2)C1=O. The standard InChI is InChI=1S/C19H15BrN2O4S/c20-16-8-6-14(26-16)7-9-17(23)21-10-11-22-18(24)15(27-19(22)25)12-13-4-2-1-3-5-13/h1-9,12H,10-11H2,(H,21,23)/b9-7+,15-12-. The van der Waals surface area contributed by atoms with Gasteiger partial charge in [-0.2, -0.15) is 0 Å². The van der Waals surface area contributed by atoms with Crippen molar-refractivity contribution in [3.8, 4) is 0 Å². The first-order chi connectivity index (χ1) is 13.0. The highest BCUT2D eigenvalue weighted by molar-refractivity contribution is 9.10. The fourth-order valence-electron chi connectivity index (χ4n) is 2.32. The zero-order valence-electron chi connectivity index (χ0n) is 14.1. The third-order valence-electron chi connectivity index (χ3n) is 3.60. The predicted octanol–water partition coefficient (Wildman–Crippen LogP) is 3.91. The summed E-state index contributed by atoms with van der Waals surface area (Å²) in [6.45, 7) is 0.282. The Hall–Kier alpha value is -2.58. The maximum atomic E-state index is 12.4. The van der Waals surface area contributed by atoms with Gasteiger partial charge in [0.05, 0.1) is 4.91 Å². The molecule has 1 aliphatic heterocycles. The normalized spacial score (nSPS) is 15.9. The summed E-state index contributed by atoms with van der Waals surface area (Å²) in [7, 11) is 0. The van der Waals surface area contributed by atoms with E-state index in [1.165, 1.54) is 12.2 Å². The van der Waals surface area contributed by atoms with Gasteiger partial charge in [0.15, 0.2) is 4.67 Å². The van der Waals surface area contributed by atoms with Crippen LogP contribution in [0.1, 0.15) is 11.3 Å². The molecule has 2 heterocycles. The lowest BCUT2D eigenvalue weighted by Gasteiger charge is -2.12. The molecule has 1 N–H and O–H groups in total. The van der Waals surface area contributed by atoms with Gasteiger partial charge in [0.2, 0.25) is 5.91 Å². The van der Waals surface area contributed by atoms with E-state index in [4.69, 9.17) is 4.42 Å².